The van der Waals surface area contributed by atoms with Gasteiger partial charge >= 0.3 is 0 Å². The summed E-state index contributed by atoms with van der Waals surface area (Å²) in [6.07, 6.45) is 1.92. The van der Waals surface area contributed by atoms with Crippen LogP contribution in [0.5, 0.6) is 5.75 Å². The number of nitro groups is 1. The lowest BCUT2D eigenvalue weighted by Gasteiger charge is -2.39. The lowest BCUT2D eigenvalue weighted by molar-refractivity contribution is -0.384. The zero-order valence-corrected chi connectivity index (χ0v) is 23.4. The second-order valence-corrected chi connectivity index (χ2v) is 10.6. The van der Waals surface area contributed by atoms with Crippen molar-refractivity contribution in [2.45, 2.75) is 19.8 Å². The Morgan fingerprint density at radius 1 is 0.878 bits per heavy atom. The van der Waals surface area contributed by atoms with E-state index in [9.17, 15) is 19.7 Å². The van der Waals surface area contributed by atoms with E-state index in [1.807, 2.05) is 29.2 Å². The maximum absolute atomic E-state index is 13.9. The third-order valence-electron chi connectivity index (χ3n) is 7.92. The first-order valence-corrected chi connectivity index (χ1v) is 14.0. The van der Waals surface area contributed by atoms with Gasteiger partial charge in [0.15, 0.2) is 0 Å². The van der Waals surface area contributed by atoms with Crippen LogP contribution in [0.3, 0.4) is 0 Å². The number of methoxy groups -OCH3 is 1. The van der Waals surface area contributed by atoms with Crippen LogP contribution in [0.25, 0.3) is 0 Å². The molecule has 0 saturated carbocycles. The van der Waals surface area contributed by atoms with Crippen LogP contribution in [0.2, 0.25) is 0 Å². The number of carbonyl (C=O) groups is 2. The lowest BCUT2D eigenvalue weighted by atomic mass is 9.98. The number of nitro benzene ring substituents is 1. The van der Waals surface area contributed by atoms with Gasteiger partial charge in [-0.2, -0.15) is 0 Å². The number of rotatable bonds is 7. The number of piperazine rings is 1. The van der Waals surface area contributed by atoms with Crippen LogP contribution >= 0.6 is 0 Å². The number of amides is 2. The number of anilines is 3. The molecule has 0 atom stereocenters. The van der Waals surface area contributed by atoms with Crippen LogP contribution < -0.4 is 19.9 Å². The monoisotopic (exact) mass is 557 g/mol. The quantitative estimate of drug-likeness (QED) is 0.320. The van der Waals surface area contributed by atoms with Crippen LogP contribution in [-0.2, 0) is 0 Å². The summed E-state index contributed by atoms with van der Waals surface area (Å²) < 4.78 is 5.56. The van der Waals surface area contributed by atoms with Crippen molar-refractivity contribution in [3.05, 3.63) is 88.0 Å². The van der Waals surface area contributed by atoms with Gasteiger partial charge in [-0.05, 0) is 55.2 Å². The molecule has 2 heterocycles. The predicted octanol–water partition coefficient (Wildman–Crippen LogP) is 5.05. The number of nitrogens with one attached hydrogen (secondary N) is 1. The Labute approximate surface area is 239 Å². The normalized spacial score (nSPS) is 15.9. The highest BCUT2D eigenvalue weighted by atomic mass is 16.6. The molecular formula is C31H35N5O5. The topological polar surface area (TPSA) is 108 Å². The predicted molar refractivity (Wildman–Crippen MR) is 159 cm³/mol. The molecule has 2 aliphatic heterocycles. The molecule has 2 amide bonds. The van der Waals surface area contributed by atoms with Gasteiger partial charge in [0.2, 0.25) is 0 Å². The lowest BCUT2D eigenvalue weighted by Crippen LogP contribution is -2.47. The highest BCUT2D eigenvalue weighted by molar-refractivity contribution is 6.06. The molecule has 2 fully saturated rings. The fourth-order valence-electron chi connectivity index (χ4n) is 5.49. The van der Waals surface area contributed by atoms with E-state index in [4.69, 9.17) is 4.74 Å². The first-order valence-electron chi connectivity index (χ1n) is 14.0. The van der Waals surface area contributed by atoms with E-state index in [1.165, 1.54) is 24.3 Å². The van der Waals surface area contributed by atoms with Crippen molar-refractivity contribution < 1.29 is 19.2 Å². The molecule has 2 saturated heterocycles. The standard InChI is InChI=1S/C31H35N5O5/c1-22-12-14-35(15-13-22)31(38)26-21-24(32-30(37)23-6-5-7-25(20-23)36(39)40)10-11-27(26)33-16-18-34(19-17-33)28-8-3-4-9-29(28)41-2/h3-11,20-22H,12-19H2,1-2H3,(H,32,37). The van der Waals surface area contributed by atoms with Gasteiger partial charge in [-0.1, -0.05) is 25.1 Å². The average Bonchev–Trinajstić information content (AvgIpc) is 3.01. The van der Waals surface area contributed by atoms with Crippen molar-refractivity contribution in [1.29, 1.82) is 0 Å². The van der Waals surface area contributed by atoms with Gasteiger partial charge in [0, 0.05) is 68.3 Å². The van der Waals surface area contributed by atoms with Crippen molar-refractivity contribution in [2.75, 3.05) is 61.5 Å². The smallest absolute Gasteiger partial charge is 0.270 e. The van der Waals surface area contributed by atoms with Crippen LogP contribution in [-0.4, -0.2) is 68.0 Å². The van der Waals surface area contributed by atoms with E-state index < -0.39 is 10.8 Å². The first kappa shape index (κ1) is 27.9. The van der Waals surface area contributed by atoms with E-state index in [1.54, 1.807) is 19.2 Å². The molecule has 0 bridgehead atoms. The van der Waals surface area contributed by atoms with Gasteiger partial charge < -0.3 is 24.8 Å². The number of likely N-dealkylation sites (tertiary alicyclic amines) is 1. The Kier molecular flexibility index (Phi) is 8.37. The van der Waals surface area contributed by atoms with Gasteiger partial charge in [0.25, 0.3) is 17.5 Å². The summed E-state index contributed by atoms with van der Waals surface area (Å²) in [5.41, 5.74) is 2.91. The third kappa shape index (κ3) is 6.26. The molecule has 0 unspecified atom stereocenters. The summed E-state index contributed by atoms with van der Waals surface area (Å²) in [6, 6.07) is 19.0. The Morgan fingerprint density at radius 2 is 1.56 bits per heavy atom. The van der Waals surface area contributed by atoms with Crippen LogP contribution in [0.15, 0.2) is 66.7 Å². The Bertz CT molecular complexity index is 1430. The molecule has 214 valence electrons. The van der Waals surface area contributed by atoms with E-state index >= 15 is 0 Å². The van der Waals surface area contributed by atoms with Gasteiger partial charge in [-0.3, -0.25) is 19.7 Å². The number of piperidine rings is 1. The molecule has 41 heavy (non-hydrogen) atoms. The fraction of sp³-hybridized carbons (Fsp3) is 0.355. The maximum Gasteiger partial charge on any atom is 0.270 e. The molecule has 0 aromatic heterocycles. The zero-order chi connectivity index (χ0) is 28.9. The number of hydrogen-bond donors (Lipinski definition) is 1. The van der Waals surface area contributed by atoms with Gasteiger partial charge in [-0.25, -0.2) is 0 Å². The minimum Gasteiger partial charge on any atom is -0.495 e. The summed E-state index contributed by atoms with van der Waals surface area (Å²) in [5.74, 6) is 0.893. The molecule has 10 nitrogen and oxygen atoms in total. The largest absolute Gasteiger partial charge is 0.495 e. The van der Waals surface area contributed by atoms with Crippen molar-refractivity contribution in [1.82, 2.24) is 4.90 Å². The average molecular weight is 558 g/mol. The summed E-state index contributed by atoms with van der Waals surface area (Å²) in [4.78, 5) is 43.9. The molecule has 3 aromatic rings. The van der Waals surface area contributed by atoms with Crippen LogP contribution in [0.1, 0.15) is 40.5 Å². The second kappa shape index (κ2) is 12.3. The van der Waals surface area contributed by atoms with Crippen molar-refractivity contribution >= 4 is 34.6 Å². The number of para-hydroxylation sites is 2. The highest BCUT2D eigenvalue weighted by Gasteiger charge is 2.28. The second-order valence-electron chi connectivity index (χ2n) is 10.6. The van der Waals surface area contributed by atoms with Gasteiger partial charge in [0.05, 0.1) is 23.3 Å². The Morgan fingerprint density at radius 3 is 2.24 bits per heavy atom. The van der Waals surface area contributed by atoms with Crippen LogP contribution in [0, 0.1) is 16.0 Å². The highest BCUT2D eigenvalue weighted by Crippen LogP contribution is 2.32. The number of non-ortho nitro benzene ring substituents is 1. The van der Waals surface area contributed by atoms with Gasteiger partial charge in [0.1, 0.15) is 5.75 Å². The first-order chi connectivity index (χ1) is 19.8. The summed E-state index contributed by atoms with van der Waals surface area (Å²) in [6.45, 7) is 6.57. The molecule has 5 rings (SSSR count). The van der Waals surface area contributed by atoms with E-state index in [0.29, 0.717) is 30.3 Å². The molecule has 10 heteroatoms. The summed E-state index contributed by atoms with van der Waals surface area (Å²) in [7, 11) is 1.67. The Balaban J connectivity index is 1.39. The number of hydrogen-bond acceptors (Lipinski definition) is 7. The molecule has 0 radical (unpaired) electrons. The molecule has 0 aliphatic carbocycles. The summed E-state index contributed by atoms with van der Waals surface area (Å²) >= 11 is 0. The number of carbonyl (C=O) groups excluding carboxylic acids is 2. The minimum atomic E-state index is -0.532. The molecule has 1 N–H and O–H groups in total. The molecular weight excluding hydrogens is 522 g/mol. The summed E-state index contributed by atoms with van der Waals surface area (Å²) in [5, 5.41) is 14.0. The number of ether oxygens (including phenoxy) is 1. The SMILES string of the molecule is COc1ccccc1N1CCN(c2ccc(NC(=O)c3cccc([N+](=O)[O-])c3)cc2C(=O)N2CCC(C)CC2)CC1. The molecule has 2 aliphatic rings. The minimum absolute atomic E-state index is 0.0505. The molecule has 3 aromatic carbocycles. The zero-order valence-electron chi connectivity index (χ0n) is 23.4. The fourth-order valence-corrected chi connectivity index (χ4v) is 5.49. The third-order valence-corrected chi connectivity index (χ3v) is 7.92. The van der Waals surface area contributed by atoms with Crippen molar-refractivity contribution in [3.8, 4) is 5.75 Å². The van der Waals surface area contributed by atoms with Crippen LogP contribution in [0.4, 0.5) is 22.7 Å². The molecule has 0 spiro atoms. The van der Waals surface area contributed by atoms with Crippen molar-refractivity contribution in [3.63, 3.8) is 0 Å². The van der Waals surface area contributed by atoms with Crippen molar-refractivity contribution in [2.24, 2.45) is 5.92 Å². The van der Waals surface area contributed by atoms with E-state index in [0.717, 1.165) is 56.1 Å². The van der Waals surface area contributed by atoms with E-state index in [-0.39, 0.29) is 17.2 Å². The number of nitrogens with zero attached hydrogens (tertiary/aromatic N) is 4. The Hall–Kier alpha value is -4.60. The number of benzene rings is 3. The van der Waals surface area contributed by atoms with E-state index in [2.05, 4.69) is 28.1 Å². The maximum atomic E-state index is 13.9. The van der Waals surface area contributed by atoms with Gasteiger partial charge in [-0.15, -0.1) is 0 Å².